The third-order valence-electron chi connectivity index (χ3n) is 6.24. The van der Waals surface area contributed by atoms with Gasteiger partial charge in [0.15, 0.2) is 0 Å². The van der Waals surface area contributed by atoms with Crippen molar-refractivity contribution < 1.29 is 31.5 Å². The van der Waals surface area contributed by atoms with E-state index in [1.165, 1.54) is 30.3 Å². The third kappa shape index (κ3) is 4.11. The van der Waals surface area contributed by atoms with Gasteiger partial charge in [-0.1, -0.05) is 12.1 Å². The summed E-state index contributed by atoms with van der Waals surface area (Å²) in [5.74, 6) is -12.3. The van der Waals surface area contributed by atoms with Crippen LogP contribution in [0.3, 0.4) is 0 Å². The summed E-state index contributed by atoms with van der Waals surface area (Å²) >= 11 is 0. The largest absolute Gasteiger partial charge is 0.451 e. The first-order chi connectivity index (χ1) is 16.7. The van der Waals surface area contributed by atoms with Gasteiger partial charge in [0.05, 0.1) is 0 Å². The number of amides is 2. The van der Waals surface area contributed by atoms with Crippen LogP contribution in [0.1, 0.15) is 18.0 Å². The van der Waals surface area contributed by atoms with E-state index >= 15 is 0 Å². The van der Waals surface area contributed by atoms with E-state index in [0.29, 0.717) is 19.6 Å². The second kappa shape index (κ2) is 8.71. The molecule has 35 heavy (non-hydrogen) atoms. The minimum atomic E-state index is -2.29. The number of likely N-dealkylation sites (tertiary alicyclic amines) is 1. The van der Waals surface area contributed by atoms with Gasteiger partial charge in [-0.15, -0.1) is 0 Å². The Bertz CT molecular complexity index is 1360. The second-order valence-electron chi connectivity index (χ2n) is 8.56. The Kier molecular flexibility index (Phi) is 5.70. The molecule has 0 radical (unpaired) electrons. The molecule has 2 aliphatic rings. The maximum Gasteiger partial charge on any atom is 0.321 e. The molecule has 1 N–H and O–H groups in total. The zero-order chi connectivity index (χ0) is 24.9. The lowest BCUT2D eigenvalue weighted by molar-refractivity contribution is 0.139. The van der Waals surface area contributed by atoms with Crippen LogP contribution in [0.2, 0.25) is 0 Å². The third-order valence-corrected chi connectivity index (χ3v) is 6.24. The Hall–Kier alpha value is -3.89. The van der Waals surface area contributed by atoms with E-state index in [-0.39, 0.29) is 28.8 Å². The topological polar surface area (TPSA) is 63.6 Å². The van der Waals surface area contributed by atoms with E-state index in [1.807, 2.05) is 6.07 Å². The fraction of sp³-hybridized carbons (Fsp3) is 0.250. The molecule has 1 aromatic heterocycles. The quantitative estimate of drug-likeness (QED) is 0.319. The van der Waals surface area contributed by atoms with Crippen LogP contribution in [0.15, 0.2) is 47.3 Å². The van der Waals surface area contributed by atoms with Crippen molar-refractivity contribution in [3.63, 3.8) is 0 Å². The number of ether oxygens (including phenoxy) is 1. The number of carbonyl (C=O) groups is 1. The van der Waals surface area contributed by atoms with E-state index in [0.717, 1.165) is 12.1 Å². The van der Waals surface area contributed by atoms with Crippen molar-refractivity contribution in [2.75, 3.05) is 18.4 Å². The van der Waals surface area contributed by atoms with Gasteiger partial charge in [0.25, 0.3) is 5.56 Å². The molecule has 2 bridgehead atoms. The van der Waals surface area contributed by atoms with Crippen molar-refractivity contribution in [2.45, 2.75) is 18.9 Å². The average Bonchev–Trinajstić information content (AvgIpc) is 2.85. The summed E-state index contributed by atoms with van der Waals surface area (Å²) in [5.41, 5.74) is 1.01. The summed E-state index contributed by atoms with van der Waals surface area (Å²) in [7, 11) is 0. The Labute approximate surface area is 195 Å². The number of pyridine rings is 1. The molecule has 6 nitrogen and oxygen atoms in total. The molecule has 182 valence electrons. The van der Waals surface area contributed by atoms with E-state index in [1.54, 1.807) is 15.5 Å². The second-order valence-corrected chi connectivity index (χ2v) is 8.56. The molecule has 5 rings (SSSR count). The molecular weight excluding hydrogens is 473 g/mol. The van der Waals surface area contributed by atoms with Crippen LogP contribution in [-0.2, 0) is 6.54 Å². The number of hydrogen-bond donors (Lipinski definition) is 1. The minimum absolute atomic E-state index is 0.00559. The maximum atomic E-state index is 13.9. The van der Waals surface area contributed by atoms with Crippen molar-refractivity contribution >= 4 is 11.7 Å². The lowest BCUT2D eigenvalue weighted by Crippen LogP contribution is -2.50. The predicted octanol–water partition coefficient (Wildman–Crippen LogP) is 4.99. The molecule has 3 aromatic rings. The Morgan fingerprint density at radius 2 is 1.57 bits per heavy atom. The van der Waals surface area contributed by atoms with Gasteiger partial charge in [-0.05, 0) is 30.5 Å². The molecule has 3 heterocycles. The van der Waals surface area contributed by atoms with Gasteiger partial charge in [0.2, 0.25) is 34.8 Å². The van der Waals surface area contributed by atoms with Crippen molar-refractivity contribution in [2.24, 2.45) is 5.92 Å². The van der Waals surface area contributed by atoms with E-state index in [9.17, 15) is 31.5 Å². The number of fused-ring (bicyclic) bond motifs is 4. The highest BCUT2D eigenvalue weighted by molar-refractivity contribution is 5.89. The van der Waals surface area contributed by atoms with Crippen molar-refractivity contribution in [1.29, 1.82) is 0 Å². The first-order valence-corrected chi connectivity index (χ1v) is 10.8. The highest BCUT2D eigenvalue weighted by atomic mass is 19.2. The van der Waals surface area contributed by atoms with Gasteiger partial charge >= 0.3 is 6.03 Å². The highest BCUT2D eigenvalue weighted by Gasteiger charge is 2.36. The standard InChI is InChI=1S/C24H18F5N3O3/c25-18-19(26)21(28)23(22(29)20(18)27)35-15-4-1-3-14(8-15)30-24(34)31-9-12-7-13(11-31)16-5-2-6-17(33)32(16)10-12/h1-6,8,12-13H,7,9-11H2,(H,30,34)/t12-,13+/m1/s1. The van der Waals surface area contributed by atoms with Crippen LogP contribution in [0.4, 0.5) is 32.4 Å². The van der Waals surface area contributed by atoms with Crippen LogP contribution in [0, 0.1) is 35.0 Å². The van der Waals surface area contributed by atoms with Crippen molar-refractivity contribution in [1.82, 2.24) is 9.47 Å². The summed E-state index contributed by atoms with van der Waals surface area (Å²) in [6, 6.07) is 9.99. The van der Waals surface area contributed by atoms with E-state index in [2.05, 4.69) is 5.32 Å². The molecular formula is C24H18F5N3O3. The van der Waals surface area contributed by atoms with Crippen LogP contribution in [0.25, 0.3) is 0 Å². The zero-order valence-corrected chi connectivity index (χ0v) is 18.0. The van der Waals surface area contributed by atoms with Gasteiger partial charge in [-0.2, -0.15) is 8.78 Å². The number of halogens is 5. The molecule has 2 aromatic carbocycles. The number of nitrogens with one attached hydrogen (secondary N) is 1. The number of hydrogen-bond acceptors (Lipinski definition) is 3. The molecule has 0 aliphatic carbocycles. The number of carbonyl (C=O) groups excluding carboxylic acids is 1. The summed E-state index contributed by atoms with van der Waals surface area (Å²) < 4.78 is 74.7. The van der Waals surface area contributed by atoms with E-state index in [4.69, 9.17) is 4.74 Å². The number of aromatic nitrogens is 1. The molecule has 2 atom stereocenters. The minimum Gasteiger partial charge on any atom is -0.451 e. The maximum absolute atomic E-state index is 13.9. The summed E-state index contributed by atoms with van der Waals surface area (Å²) in [5, 5.41) is 2.67. The van der Waals surface area contributed by atoms with Crippen LogP contribution in [0.5, 0.6) is 11.5 Å². The molecule has 0 saturated carbocycles. The predicted molar refractivity (Wildman–Crippen MR) is 115 cm³/mol. The highest BCUT2D eigenvalue weighted by Crippen LogP contribution is 2.36. The summed E-state index contributed by atoms with van der Waals surface area (Å²) in [6.45, 7) is 1.34. The molecule has 0 unspecified atom stereocenters. The molecule has 0 spiro atoms. The normalized spacial score (nSPS) is 18.7. The van der Waals surface area contributed by atoms with Gasteiger partial charge < -0.3 is 19.5 Å². The lowest BCUT2D eigenvalue weighted by atomic mass is 9.83. The first-order valence-electron chi connectivity index (χ1n) is 10.8. The first kappa shape index (κ1) is 22.9. The summed E-state index contributed by atoms with van der Waals surface area (Å²) in [4.78, 5) is 26.7. The molecule has 2 aliphatic heterocycles. The number of rotatable bonds is 3. The number of nitrogens with zero attached hydrogens (tertiary/aromatic N) is 2. The number of anilines is 1. The van der Waals surface area contributed by atoms with Crippen LogP contribution >= 0.6 is 0 Å². The zero-order valence-electron chi connectivity index (χ0n) is 18.0. The summed E-state index contributed by atoms with van der Waals surface area (Å²) in [6.07, 6.45) is 0.860. The van der Waals surface area contributed by atoms with Crippen molar-refractivity contribution in [3.8, 4) is 11.5 Å². The van der Waals surface area contributed by atoms with Crippen LogP contribution in [-0.4, -0.2) is 28.6 Å². The van der Waals surface area contributed by atoms with Crippen molar-refractivity contribution in [3.05, 3.63) is 87.6 Å². The molecule has 1 saturated heterocycles. The SMILES string of the molecule is O=C(Nc1cccc(Oc2c(F)c(F)c(F)c(F)c2F)c1)N1C[C@H]2C[C@@H](C1)c1cccc(=O)n1C2. The fourth-order valence-corrected chi connectivity index (χ4v) is 4.69. The molecule has 1 fully saturated rings. The van der Waals surface area contributed by atoms with Crippen LogP contribution < -0.4 is 15.6 Å². The Balaban J connectivity index is 1.32. The number of benzene rings is 2. The Morgan fingerprint density at radius 3 is 2.31 bits per heavy atom. The number of piperidine rings is 1. The van der Waals surface area contributed by atoms with E-state index < -0.39 is 40.9 Å². The smallest absolute Gasteiger partial charge is 0.321 e. The molecule has 11 heteroatoms. The van der Waals surface area contributed by atoms with Gasteiger partial charge in [-0.25, -0.2) is 18.0 Å². The number of urea groups is 1. The Morgan fingerprint density at radius 1 is 0.886 bits per heavy atom. The monoisotopic (exact) mass is 491 g/mol. The fourth-order valence-electron chi connectivity index (χ4n) is 4.69. The van der Waals surface area contributed by atoms with Gasteiger partial charge in [0, 0.05) is 49.1 Å². The average molecular weight is 491 g/mol. The molecule has 2 amide bonds. The van der Waals surface area contributed by atoms with Gasteiger partial charge in [0.1, 0.15) is 5.75 Å². The lowest BCUT2D eigenvalue weighted by Gasteiger charge is -2.42. The van der Waals surface area contributed by atoms with Gasteiger partial charge in [-0.3, -0.25) is 4.79 Å².